The SMILES string of the molecule is OCC1O[C@H](O)C[C@H](O)[C@@H]1O. The predicted octanol–water partition coefficient (Wildman–Crippen LogP) is -2.19. The first-order valence-corrected chi connectivity index (χ1v) is 3.45. The van der Waals surface area contributed by atoms with Gasteiger partial charge < -0.3 is 25.2 Å². The van der Waals surface area contributed by atoms with Crippen molar-refractivity contribution in [2.75, 3.05) is 6.61 Å². The second-order valence-electron chi connectivity index (χ2n) is 2.61. The van der Waals surface area contributed by atoms with Crippen molar-refractivity contribution in [3.63, 3.8) is 0 Å². The summed E-state index contributed by atoms with van der Waals surface area (Å²) in [5.41, 5.74) is 0. The Labute approximate surface area is 63.8 Å². The molecule has 1 saturated heterocycles. The summed E-state index contributed by atoms with van der Waals surface area (Å²) >= 11 is 0. The molecule has 0 spiro atoms. The van der Waals surface area contributed by atoms with Gasteiger partial charge in [0.1, 0.15) is 12.2 Å². The lowest BCUT2D eigenvalue weighted by Crippen LogP contribution is -2.49. The molecule has 5 nitrogen and oxygen atoms in total. The monoisotopic (exact) mass is 164 g/mol. The fourth-order valence-corrected chi connectivity index (χ4v) is 1.08. The van der Waals surface area contributed by atoms with E-state index < -0.39 is 31.2 Å². The lowest BCUT2D eigenvalue weighted by molar-refractivity contribution is -0.239. The maximum absolute atomic E-state index is 9.11. The molecule has 0 aliphatic carbocycles. The summed E-state index contributed by atoms with van der Waals surface area (Å²) in [4.78, 5) is 0. The number of hydrogen-bond donors (Lipinski definition) is 4. The Balaban J connectivity index is 2.51. The topological polar surface area (TPSA) is 90.2 Å². The summed E-state index contributed by atoms with van der Waals surface area (Å²) < 4.78 is 4.71. The Bertz CT molecular complexity index is 128. The van der Waals surface area contributed by atoms with Crippen LogP contribution in [0.1, 0.15) is 6.42 Å². The summed E-state index contributed by atoms with van der Waals surface area (Å²) in [6.45, 7) is -0.407. The lowest BCUT2D eigenvalue weighted by Gasteiger charge is -2.33. The largest absolute Gasteiger partial charge is 0.394 e. The van der Waals surface area contributed by atoms with E-state index in [1.54, 1.807) is 0 Å². The average Bonchev–Trinajstić information content (AvgIpc) is 1.96. The van der Waals surface area contributed by atoms with Gasteiger partial charge >= 0.3 is 0 Å². The molecule has 1 unspecified atom stereocenters. The van der Waals surface area contributed by atoms with Crippen LogP contribution in [0.15, 0.2) is 0 Å². The standard InChI is InChI=1S/C6H12O5/c7-2-4-6(10)3(8)1-5(9)11-4/h3-10H,1-2H2/t3-,4?,5-,6-/m0/s1. The minimum atomic E-state index is -1.11. The molecule has 5 heteroatoms. The van der Waals surface area contributed by atoms with Crippen LogP contribution in [-0.2, 0) is 4.74 Å². The highest BCUT2D eigenvalue weighted by atomic mass is 16.6. The minimum absolute atomic E-state index is 0.0162. The smallest absolute Gasteiger partial charge is 0.157 e. The molecule has 1 aliphatic rings. The molecule has 1 aliphatic heterocycles. The number of hydrogen-bond acceptors (Lipinski definition) is 5. The van der Waals surface area contributed by atoms with Gasteiger partial charge in [-0.3, -0.25) is 0 Å². The molecule has 1 rings (SSSR count). The van der Waals surface area contributed by atoms with Gasteiger partial charge in [-0.05, 0) is 0 Å². The van der Waals surface area contributed by atoms with E-state index in [0.717, 1.165) is 0 Å². The van der Waals surface area contributed by atoms with E-state index in [4.69, 9.17) is 25.2 Å². The van der Waals surface area contributed by atoms with Crippen LogP contribution >= 0.6 is 0 Å². The molecule has 11 heavy (non-hydrogen) atoms. The molecule has 0 amide bonds. The average molecular weight is 164 g/mol. The Morgan fingerprint density at radius 3 is 2.45 bits per heavy atom. The van der Waals surface area contributed by atoms with Crippen LogP contribution in [0.2, 0.25) is 0 Å². The molecule has 4 atom stereocenters. The summed E-state index contributed by atoms with van der Waals surface area (Å²) in [7, 11) is 0. The Kier molecular flexibility index (Phi) is 2.80. The van der Waals surface area contributed by atoms with Crippen molar-refractivity contribution < 1.29 is 25.2 Å². The van der Waals surface area contributed by atoms with E-state index in [-0.39, 0.29) is 6.42 Å². The van der Waals surface area contributed by atoms with Crippen molar-refractivity contribution in [1.82, 2.24) is 0 Å². The summed E-state index contributed by atoms with van der Waals surface area (Å²) in [6.07, 6.45) is -4.11. The van der Waals surface area contributed by atoms with E-state index >= 15 is 0 Å². The predicted molar refractivity (Wildman–Crippen MR) is 34.6 cm³/mol. The highest BCUT2D eigenvalue weighted by molar-refractivity contribution is 4.81. The van der Waals surface area contributed by atoms with Crippen molar-refractivity contribution in [2.24, 2.45) is 0 Å². The first kappa shape index (κ1) is 8.89. The zero-order valence-electron chi connectivity index (χ0n) is 5.92. The van der Waals surface area contributed by atoms with Crippen molar-refractivity contribution in [3.8, 4) is 0 Å². The Morgan fingerprint density at radius 2 is 1.91 bits per heavy atom. The lowest BCUT2D eigenvalue weighted by atomic mass is 10.0. The van der Waals surface area contributed by atoms with Crippen LogP contribution in [0.5, 0.6) is 0 Å². The number of aliphatic hydroxyl groups is 4. The second-order valence-corrected chi connectivity index (χ2v) is 2.61. The van der Waals surface area contributed by atoms with E-state index in [1.165, 1.54) is 0 Å². The van der Waals surface area contributed by atoms with Crippen molar-refractivity contribution >= 4 is 0 Å². The van der Waals surface area contributed by atoms with Gasteiger partial charge in [-0.25, -0.2) is 0 Å². The van der Waals surface area contributed by atoms with Crippen LogP contribution in [0.3, 0.4) is 0 Å². The normalized spacial score (nSPS) is 45.8. The van der Waals surface area contributed by atoms with Gasteiger partial charge in [0.2, 0.25) is 0 Å². The molecule has 0 aromatic rings. The molecular formula is C6H12O5. The van der Waals surface area contributed by atoms with E-state index in [9.17, 15) is 0 Å². The Hall–Kier alpha value is -0.200. The van der Waals surface area contributed by atoms with Crippen LogP contribution in [0.25, 0.3) is 0 Å². The van der Waals surface area contributed by atoms with Gasteiger partial charge in [0, 0.05) is 6.42 Å². The third-order valence-corrected chi connectivity index (χ3v) is 1.73. The first-order valence-electron chi connectivity index (χ1n) is 3.45. The van der Waals surface area contributed by atoms with Gasteiger partial charge in [0.05, 0.1) is 12.7 Å². The molecule has 0 saturated carbocycles. The van der Waals surface area contributed by atoms with Crippen LogP contribution in [-0.4, -0.2) is 51.6 Å². The molecule has 0 aromatic heterocycles. The van der Waals surface area contributed by atoms with E-state index in [2.05, 4.69) is 0 Å². The van der Waals surface area contributed by atoms with Crippen LogP contribution < -0.4 is 0 Å². The van der Waals surface area contributed by atoms with E-state index in [1.807, 2.05) is 0 Å². The molecule has 0 bridgehead atoms. The quantitative estimate of drug-likeness (QED) is 0.353. The maximum atomic E-state index is 9.11. The maximum Gasteiger partial charge on any atom is 0.157 e. The van der Waals surface area contributed by atoms with Gasteiger partial charge in [-0.2, -0.15) is 0 Å². The van der Waals surface area contributed by atoms with Gasteiger partial charge in [0.15, 0.2) is 6.29 Å². The third-order valence-electron chi connectivity index (χ3n) is 1.73. The highest BCUT2D eigenvalue weighted by Crippen LogP contribution is 2.18. The zero-order valence-corrected chi connectivity index (χ0v) is 5.92. The van der Waals surface area contributed by atoms with Gasteiger partial charge in [0.25, 0.3) is 0 Å². The molecular weight excluding hydrogens is 152 g/mol. The minimum Gasteiger partial charge on any atom is -0.394 e. The zero-order chi connectivity index (χ0) is 8.43. The summed E-state index contributed by atoms with van der Waals surface area (Å²) in [5, 5.41) is 35.6. The molecule has 0 aromatic carbocycles. The van der Waals surface area contributed by atoms with Crippen molar-refractivity contribution in [1.29, 1.82) is 0 Å². The molecule has 66 valence electrons. The number of aliphatic hydroxyl groups excluding tert-OH is 4. The first-order chi connectivity index (χ1) is 5.15. The van der Waals surface area contributed by atoms with Crippen LogP contribution in [0, 0.1) is 0 Å². The van der Waals surface area contributed by atoms with Crippen LogP contribution in [0.4, 0.5) is 0 Å². The van der Waals surface area contributed by atoms with Gasteiger partial charge in [-0.15, -0.1) is 0 Å². The fraction of sp³-hybridized carbons (Fsp3) is 1.00. The fourth-order valence-electron chi connectivity index (χ4n) is 1.08. The second kappa shape index (κ2) is 3.46. The molecule has 1 heterocycles. The summed E-state index contributed by atoms with van der Waals surface area (Å²) in [5.74, 6) is 0. The molecule has 0 radical (unpaired) electrons. The van der Waals surface area contributed by atoms with Crippen molar-refractivity contribution in [3.05, 3.63) is 0 Å². The summed E-state index contributed by atoms with van der Waals surface area (Å²) in [6, 6.07) is 0. The van der Waals surface area contributed by atoms with Gasteiger partial charge in [-0.1, -0.05) is 0 Å². The Morgan fingerprint density at radius 1 is 1.27 bits per heavy atom. The molecule has 4 N–H and O–H groups in total. The third kappa shape index (κ3) is 1.88. The molecule has 1 fully saturated rings. The van der Waals surface area contributed by atoms with E-state index in [0.29, 0.717) is 0 Å². The highest BCUT2D eigenvalue weighted by Gasteiger charge is 2.35. The van der Waals surface area contributed by atoms with Crippen molar-refractivity contribution in [2.45, 2.75) is 31.0 Å². The number of rotatable bonds is 1. The number of ether oxygens (including phenoxy) is 1.